The molecule has 0 aliphatic rings. The van der Waals surface area contributed by atoms with Crippen molar-refractivity contribution in [3.05, 3.63) is 10.1 Å². The molecule has 48 valence electrons. The Hall–Kier alpha value is -1.01. The topological polar surface area (TPSA) is 52.4 Å². The van der Waals surface area contributed by atoms with Crippen LogP contribution in [0, 0.1) is 10.1 Å². The molecule has 0 unspecified atom stereocenters. The van der Waals surface area contributed by atoms with Crippen molar-refractivity contribution in [3.63, 3.8) is 0 Å². The van der Waals surface area contributed by atoms with Crippen LogP contribution >= 0.6 is 0 Å². The van der Waals surface area contributed by atoms with Crippen molar-refractivity contribution < 1.29 is 23.1 Å². The van der Waals surface area contributed by atoms with Crippen LogP contribution in [0.15, 0.2) is 0 Å². The van der Waals surface area contributed by atoms with Gasteiger partial charge < -0.3 is 0 Å². The summed E-state index contributed by atoms with van der Waals surface area (Å²) in [5, 5.41) is 6.96. The minimum absolute atomic E-state index is 1.92. The van der Waals surface area contributed by atoms with E-state index in [9.17, 15) is 13.2 Å². The monoisotopic (exact) mass is 131 g/mol. The largest absolute Gasteiger partial charge is 0.554 e. The normalized spacial score (nSPS) is 10.9. The third-order valence-corrected chi connectivity index (χ3v) is 0.178. The molecule has 0 aliphatic heterocycles. The Kier molecular flexibility index (Phi) is 1.61. The lowest BCUT2D eigenvalue weighted by molar-refractivity contribution is -0.814. The van der Waals surface area contributed by atoms with E-state index in [1.54, 1.807) is 0 Å². The van der Waals surface area contributed by atoms with Crippen molar-refractivity contribution in [2.45, 2.75) is 6.36 Å². The first kappa shape index (κ1) is 6.99. The van der Waals surface area contributed by atoms with E-state index in [1.165, 1.54) is 0 Å². The molecule has 0 radical (unpaired) electrons. The number of alkyl halides is 3. The Morgan fingerprint density at radius 3 is 1.88 bits per heavy atom. The van der Waals surface area contributed by atoms with Crippen LogP contribution in [0.2, 0.25) is 0 Å². The summed E-state index contributed by atoms with van der Waals surface area (Å²) in [6.07, 6.45) is -5.18. The van der Waals surface area contributed by atoms with Crippen molar-refractivity contribution in [1.29, 1.82) is 0 Å². The van der Waals surface area contributed by atoms with Crippen LogP contribution in [0.1, 0.15) is 0 Å². The third kappa shape index (κ3) is 4.99. The molecular weight excluding hydrogens is 131 g/mol. The predicted octanol–water partition coefficient (Wildman–Crippen LogP) is 0.715. The summed E-state index contributed by atoms with van der Waals surface area (Å²) in [5.74, 6) is 0. The minimum Gasteiger partial charge on any atom is -0.201 e. The van der Waals surface area contributed by atoms with Crippen LogP contribution in [0.3, 0.4) is 0 Å². The van der Waals surface area contributed by atoms with Crippen LogP contribution in [0.4, 0.5) is 13.2 Å². The highest BCUT2D eigenvalue weighted by atomic mass is 19.4. The highest BCUT2D eigenvalue weighted by molar-refractivity contribution is 4.13. The molecule has 0 aromatic rings. The van der Waals surface area contributed by atoms with Crippen LogP contribution in [0.5, 0.6) is 0 Å². The molecule has 0 aliphatic carbocycles. The van der Waals surface area contributed by atoms with Gasteiger partial charge in [0.25, 0.3) is 0 Å². The molecule has 0 atom stereocenters. The Morgan fingerprint density at radius 1 is 1.50 bits per heavy atom. The number of hydrogen-bond acceptors (Lipinski definition) is 3. The van der Waals surface area contributed by atoms with Gasteiger partial charge in [-0.2, -0.15) is 0 Å². The van der Waals surface area contributed by atoms with Gasteiger partial charge in [0.15, 0.2) is 0 Å². The molecule has 0 bridgehead atoms. The van der Waals surface area contributed by atoms with Gasteiger partial charge in [-0.05, 0) is 0 Å². The SMILES string of the molecule is O=[N+]([O-])OC(F)(F)F. The van der Waals surface area contributed by atoms with E-state index >= 15 is 0 Å². The molecule has 0 spiro atoms. The number of halogens is 3. The van der Waals surface area contributed by atoms with Crippen LogP contribution in [-0.4, -0.2) is 11.4 Å². The Balaban J connectivity index is 3.55. The summed E-state index contributed by atoms with van der Waals surface area (Å²) < 4.78 is 31.9. The fraction of sp³-hybridized carbons (Fsp3) is 1.00. The third-order valence-electron chi connectivity index (χ3n) is 0.178. The summed E-state index contributed by atoms with van der Waals surface area (Å²) in [6.45, 7) is 0. The summed E-state index contributed by atoms with van der Waals surface area (Å²) in [4.78, 5) is 11.0. The Labute approximate surface area is 41.0 Å². The molecule has 0 fully saturated rings. The maximum atomic E-state index is 10.6. The molecule has 0 saturated heterocycles. The molecule has 4 nitrogen and oxygen atoms in total. The van der Waals surface area contributed by atoms with E-state index in [0.717, 1.165) is 0 Å². The lowest BCUT2D eigenvalue weighted by atomic mass is 11.4. The number of nitrogens with zero attached hydrogens (tertiary/aromatic N) is 1. The molecule has 0 N–H and O–H groups in total. The summed E-state index contributed by atoms with van der Waals surface area (Å²) in [7, 11) is 0. The molecule has 0 amide bonds. The number of rotatable bonds is 1. The quantitative estimate of drug-likeness (QED) is 0.389. The summed E-state index contributed by atoms with van der Waals surface area (Å²) in [5.41, 5.74) is 0. The smallest absolute Gasteiger partial charge is 0.201 e. The zero-order valence-electron chi connectivity index (χ0n) is 3.31. The second-order valence-electron chi connectivity index (χ2n) is 0.761. The van der Waals surface area contributed by atoms with E-state index in [2.05, 4.69) is 4.84 Å². The molecule has 7 heteroatoms. The second-order valence-corrected chi connectivity index (χ2v) is 0.761. The maximum Gasteiger partial charge on any atom is 0.554 e. The van der Waals surface area contributed by atoms with Gasteiger partial charge in [-0.15, -0.1) is 23.3 Å². The average Bonchev–Trinajstić information content (AvgIpc) is 1.21. The fourth-order valence-corrected chi connectivity index (χ4v) is 0.0845. The van der Waals surface area contributed by atoms with Gasteiger partial charge in [-0.25, -0.2) is 4.84 Å². The van der Waals surface area contributed by atoms with Crippen LogP contribution in [-0.2, 0) is 4.84 Å². The van der Waals surface area contributed by atoms with Crippen molar-refractivity contribution in [2.75, 3.05) is 0 Å². The van der Waals surface area contributed by atoms with E-state index in [0.29, 0.717) is 0 Å². The van der Waals surface area contributed by atoms with E-state index < -0.39 is 11.4 Å². The highest BCUT2D eigenvalue weighted by Gasteiger charge is 2.32. The first-order chi connectivity index (χ1) is 3.42. The first-order valence-electron chi connectivity index (χ1n) is 1.32. The first-order valence-corrected chi connectivity index (χ1v) is 1.32. The fourth-order valence-electron chi connectivity index (χ4n) is 0.0845. The van der Waals surface area contributed by atoms with E-state index in [-0.39, 0.29) is 0 Å². The van der Waals surface area contributed by atoms with Crippen LogP contribution < -0.4 is 0 Å². The van der Waals surface area contributed by atoms with Crippen molar-refractivity contribution in [3.8, 4) is 0 Å². The molecule has 0 heterocycles. The highest BCUT2D eigenvalue weighted by Crippen LogP contribution is 2.15. The Bertz CT molecular complexity index is 97.2. The zero-order chi connectivity index (χ0) is 6.78. The van der Waals surface area contributed by atoms with Crippen molar-refractivity contribution in [2.24, 2.45) is 0 Å². The zero-order valence-corrected chi connectivity index (χ0v) is 3.31. The lowest BCUT2D eigenvalue weighted by Crippen LogP contribution is -2.17. The summed E-state index contributed by atoms with van der Waals surface area (Å²) in [6, 6.07) is 0. The molecule has 0 aromatic heterocycles. The van der Waals surface area contributed by atoms with Gasteiger partial charge in [0.2, 0.25) is 0 Å². The predicted molar refractivity (Wildman–Crippen MR) is 14.1 cm³/mol. The van der Waals surface area contributed by atoms with Gasteiger partial charge in [0.1, 0.15) is 0 Å². The molecule has 0 rings (SSSR count). The minimum atomic E-state index is -5.18. The van der Waals surface area contributed by atoms with Gasteiger partial charge >= 0.3 is 11.4 Å². The molecular formula is CF3NO3. The molecule has 0 aromatic carbocycles. The van der Waals surface area contributed by atoms with Crippen molar-refractivity contribution >= 4 is 0 Å². The maximum absolute atomic E-state index is 10.6. The van der Waals surface area contributed by atoms with Gasteiger partial charge in [-0.1, -0.05) is 0 Å². The second kappa shape index (κ2) is 1.85. The average molecular weight is 131 g/mol. The van der Waals surface area contributed by atoms with Gasteiger partial charge in [-0.3, -0.25) is 0 Å². The van der Waals surface area contributed by atoms with Crippen LogP contribution in [0.25, 0.3) is 0 Å². The summed E-state index contributed by atoms with van der Waals surface area (Å²) >= 11 is 0. The van der Waals surface area contributed by atoms with E-state index in [1.807, 2.05) is 0 Å². The van der Waals surface area contributed by atoms with Gasteiger partial charge in [0.05, 0.1) is 0 Å². The standard InChI is InChI=1S/CF3NO3/c2-1(3,4)8-5(6)7. The molecule has 0 saturated carbocycles. The number of hydrogen-bond donors (Lipinski definition) is 0. The van der Waals surface area contributed by atoms with Gasteiger partial charge in [0, 0.05) is 0 Å². The van der Waals surface area contributed by atoms with E-state index in [4.69, 9.17) is 10.1 Å². The van der Waals surface area contributed by atoms with Crippen molar-refractivity contribution in [1.82, 2.24) is 0 Å². The molecule has 8 heavy (non-hydrogen) atoms. The lowest BCUT2D eigenvalue weighted by Gasteiger charge is -1.98. The Morgan fingerprint density at radius 2 is 1.88 bits per heavy atom.